The fourth-order valence-corrected chi connectivity index (χ4v) is 3.09. The number of hydrogen-bond acceptors (Lipinski definition) is 3. The Kier molecular flexibility index (Phi) is 3.92. The van der Waals surface area contributed by atoms with Gasteiger partial charge in [-0.05, 0) is 43.3 Å². The molecule has 1 heterocycles. The van der Waals surface area contributed by atoms with Crippen molar-refractivity contribution in [3.63, 3.8) is 0 Å². The molecule has 108 valence electrons. The quantitative estimate of drug-likeness (QED) is 0.894. The summed E-state index contributed by atoms with van der Waals surface area (Å²) in [5.74, 6) is 2.34. The Hall–Kier alpha value is -1.55. The summed E-state index contributed by atoms with van der Waals surface area (Å²) in [6.45, 7) is 3.23. The monoisotopic (exact) mass is 274 g/mol. The Labute approximate surface area is 120 Å². The standard InChI is InChI=1S/C16H22N2O2/c1-17-8-13-7-15(13)14-9-18(10-14)16(19)20-11-12-5-3-2-4-6-12/h2-6,13-15,17H,7-11H2,1H3. The van der Waals surface area contributed by atoms with Crippen molar-refractivity contribution in [1.29, 1.82) is 0 Å². The number of nitrogens with zero attached hydrogens (tertiary/aromatic N) is 1. The molecule has 2 atom stereocenters. The summed E-state index contributed by atoms with van der Waals surface area (Å²) in [6.07, 6.45) is 1.15. The first kappa shape index (κ1) is 13.4. The first-order valence-corrected chi connectivity index (χ1v) is 7.38. The third kappa shape index (κ3) is 2.96. The molecule has 1 saturated carbocycles. The Morgan fingerprint density at radius 1 is 1.35 bits per heavy atom. The highest BCUT2D eigenvalue weighted by atomic mass is 16.6. The summed E-state index contributed by atoms with van der Waals surface area (Å²) in [7, 11) is 2.00. The van der Waals surface area contributed by atoms with Gasteiger partial charge in [-0.15, -0.1) is 0 Å². The van der Waals surface area contributed by atoms with E-state index >= 15 is 0 Å². The summed E-state index contributed by atoms with van der Waals surface area (Å²) in [5, 5.41) is 3.23. The molecular formula is C16H22N2O2. The smallest absolute Gasteiger partial charge is 0.410 e. The zero-order valence-corrected chi connectivity index (χ0v) is 11.9. The largest absolute Gasteiger partial charge is 0.445 e. The van der Waals surface area contributed by atoms with Crippen LogP contribution >= 0.6 is 0 Å². The van der Waals surface area contributed by atoms with Gasteiger partial charge in [0.05, 0.1) is 0 Å². The van der Waals surface area contributed by atoms with Gasteiger partial charge in [0.1, 0.15) is 6.61 Å². The molecule has 1 N–H and O–H groups in total. The lowest BCUT2D eigenvalue weighted by atomic mass is 9.94. The molecule has 20 heavy (non-hydrogen) atoms. The molecule has 2 unspecified atom stereocenters. The van der Waals surface area contributed by atoms with Crippen LogP contribution in [0.4, 0.5) is 4.79 Å². The van der Waals surface area contributed by atoms with Crippen LogP contribution in [0, 0.1) is 17.8 Å². The van der Waals surface area contributed by atoms with Crippen LogP contribution in [0.15, 0.2) is 30.3 Å². The molecule has 1 saturated heterocycles. The summed E-state index contributed by atoms with van der Waals surface area (Å²) >= 11 is 0. The second-order valence-electron chi connectivity index (χ2n) is 5.92. The van der Waals surface area contributed by atoms with Gasteiger partial charge in [0.25, 0.3) is 0 Å². The number of ether oxygens (including phenoxy) is 1. The van der Waals surface area contributed by atoms with E-state index in [1.54, 1.807) is 0 Å². The summed E-state index contributed by atoms with van der Waals surface area (Å²) < 4.78 is 5.33. The van der Waals surface area contributed by atoms with Crippen molar-refractivity contribution in [2.24, 2.45) is 17.8 Å². The second-order valence-corrected chi connectivity index (χ2v) is 5.92. The van der Waals surface area contributed by atoms with E-state index in [0.29, 0.717) is 12.5 Å². The zero-order chi connectivity index (χ0) is 13.9. The number of nitrogens with one attached hydrogen (secondary N) is 1. The van der Waals surface area contributed by atoms with Gasteiger partial charge in [0.15, 0.2) is 0 Å². The predicted molar refractivity (Wildman–Crippen MR) is 77.2 cm³/mol. The van der Waals surface area contributed by atoms with Crippen molar-refractivity contribution in [1.82, 2.24) is 10.2 Å². The fraction of sp³-hybridized carbons (Fsp3) is 0.562. The maximum Gasteiger partial charge on any atom is 0.410 e. The van der Waals surface area contributed by atoms with Crippen molar-refractivity contribution >= 4 is 6.09 Å². The minimum Gasteiger partial charge on any atom is -0.445 e. The van der Waals surface area contributed by atoms with Crippen LogP contribution in [-0.2, 0) is 11.3 Å². The maximum atomic E-state index is 11.9. The van der Waals surface area contributed by atoms with Crippen LogP contribution in [0.3, 0.4) is 0 Å². The first-order chi connectivity index (χ1) is 9.78. The van der Waals surface area contributed by atoms with Gasteiger partial charge >= 0.3 is 6.09 Å². The SMILES string of the molecule is CNCC1CC1C1CN(C(=O)OCc2ccccc2)C1. The van der Waals surface area contributed by atoms with Crippen molar-refractivity contribution < 1.29 is 9.53 Å². The molecule has 3 rings (SSSR count). The van der Waals surface area contributed by atoms with Gasteiger partial charge in [-0.2, -0.15) is 0 Å². The van der Waals surface area contributed by atoms with E-state index in [4.69, 9.17) is 4.74 Å². The predicted octanol–water partition coefficient (Wildman–Crippen LogP) is 2.11. The second kappa shape index (κ2) is 5.83. The van der Waals surface area contributed by atoms with Crippen LogP contribution in [0.2, 0.25) is 0 Å². The topological polar surface area (TPSA) is 41.6 Å². The van der Waals surface area contributed by atoms with Crippen LogP contribution in [-0.4, -0.2) is 37.7 Å². The lowest BCUT2D eigenvalue weighted by molar-refractivity contribution is 0.0417. The number of likely N-dealkylation sites (tertiary alicyclic amines) is 1. The van der Waals surface area contributed by atoms with Crippen molar-refractivity contribution in [2.45, 2.75) is 13.0 Å². The molecule has 0 spiro atoms. The molecule has 1 amide bonds. The van der Waals surface area contributed by atoms with E-state index in [-0.39, 0.29) is 6.09 Å². The van der Waals surface area contributed by atoms with Crippen molar-refractivity contribution in [3.05, 3.63) is 35.9 Å². The van der Waals surface area contributed by atoms with Gasteiger partial charge in [0.2, 0.25) is 0 Å². The van der Waals surface area contributed by atoms with Crippen LogP contribution < -0.4 is 5.32 Å². The molecule has 4 nitrogen and oxygen atoms in total. The van der Waals surface area contributed by atoms with Gasteiger partial charge in [-0.25, -0.2) is 4.79 Å². The van der Waals surface area contributed by atoms with Crippen LogP contribution in [0.5, 0.6) is 0 Å². The van der Waals surface area contributed by atoms with Crippen molar-refractivity contribution in [3.8, 4) is 0 Å². The normalized spacial score (nSPS) is 25.1. The average molecular weight is 274 g/mol. The van der Waals surface area contributed by atoms with E-state index in [0.717, 1.165) is 37.0 Å². The molecule has 0 bridgehead atoms. The molecule has 0 aromatic heterocycles. The third-order valence-electron chi connectivity index (χ3n) is 4.42. The molecule has 0 radical (unpaired) electrons. The number of rotatable bonds is 5. The Bertz CT molecular complexity index is 457. The molecule has 1 aliphatic carbocycles. The molecule has 4 heteroatoms. The van der Waals surface area contributed by atoms with Crippen LogP contribution in [0.1, 0.15) is 12.0 Å². The molecule has 2 aliphatic rings. The van der Waals surface area contributed by atoms with Gasteiger partial charge in [-0.3, -0.25) is 0 Å². The molecule has 1 aliphatic heterocycles. The van der Waals surface area contributed by atoms with E-state index in [9.17, 15) is 4.79 Å². The van der Waals surface area contributed by atoms with Gasteiger partial charge in [0, 0.05) is 13.1 Å². The van der Waals surface area contributed by atoms with E-state index < -0.39 is 0 Å². The average Bonchev–Trinajstić information content (AvgIpc) is 3.15. The van der Waals surface area contributed by atoms with Crippen LogP contribution in [0.25, 0.3) is 0 Å². The van der Waals surface area contributed by atoms with Gasteiger partial charge in [-0.1, -0.05) is 30.3 Å². The summed E-state index contributed by atoms with van der Waals surface area (Å²) in [4.78, 5) is 13.7. The number of carbonyl (C=O) groups is 1. The highest BCUT2D eigenvalue weighted by molar-refractivity contribution is 5.68. The summed E-state index contributed by atoms with van der Waals surface area (Å²) in [6, 6.07) is 9.82. The first-order valence-electron chi connectivity index (χ1n) is 7.38. The number of carbonyl (C=O) groups excluding carboxylic acids is 1. The molecule has 2 fully saturated rings. The fourth-order valence-electron chi connectivity index (χ4n) is 3.09. The molecule has 1 aromatic rings. The third-order valence-corrected chi connectivity index (χ3v) is 4.42. The highest BCUT2D eigenvalue weighted by Crippen LogP contribution is 2.47. The minimum atomic E-state index is -0.170. The number of amides is 1. The summed E-state index contributed by atoms with van der Waals surface area (Å²) in [5.41, 5.74) is 1.04. The molecular weight excluding hydrogens is 252 g/mol. The van der Waals surface area contributed by atoms with E-state index in [2.05, 4.69) is 5.32 Å². The van der Waals surface area contributed by atoms with Gasteiger partial charge < -0.3 is 15.0 Å². The highest BCUT2D eigenvalue weighted by Gasteiger charge is 2.48. The van der Waals surface area contributed by atoms with E-state index in [1.807, 2.05) is 42.3 Å². The van der Waals surface area contributed by atoms with E-state index in [1.165, 1.54) is 6.42 Å². The minimum absolute atomic E-state index is 0.170. The Morgan fingerprint density at radius 3 is 2.80 bits per heavy atom. The maximum absolute atomic E-state index is 11.9. The number of benzene rings is 1. The lowest BCUT2D eigenvalue weighted by Crippen LogP contribution is -2.51. The lowest BCUT2D eigenvalue weighted by Gasteiger charge is -2.38. The molecule has 1 aromatic carbocycles. The zero-order valence-electron chi connectivity index (χ0n) is 11.9. The Balaban J connectivity index is 1.36. The Morgan fingerprint density at radius 2 is 2.10 bits per heavy atom. The number of hydrogen-bond donors (Lipinski definition) is 1. The van der Waals surface area contributed by atoms with Crippen molar-refractivity contribution in [2.75, 3.05) is 26.7 Å².